The monoisotopic (exact) mass is 386 g/mol. The van der Waals surface area contributed by atoms with Gasteiger partial charge in [0.1, 0.15) is 5.92 Å². The van der Waals surface area contributed by atoms with E-state index in [0.717, 1.165) is 30.8 Å². The highest BCUT2D eigenvalue weighted by Crippen LogP contribution is 2.54. The van der Waals surface area contributed by atoms with E-state index in [0.29, 0.717) is 6.42 Å². The SMILES string of the molecule is COC(=O)C1C(O)O[C@@H](C)[C@H]2CN3CC[C@]4(C(=O)Nc5ccccc54)[C@@H]3C[C@H]12. The maximum Gasteiger partial charge on any atom is 0.314 e. The number of para-hydroxylation sites is 1. The number of aliphatic hydroxyl groups excluding tert-OH is 1. The standard InChI is InChI=1S/C21H26N2O5/c1-11-13-10-23-8-7-21(14-5-3-4-6-15(14)22-20(21)26)16(23)9-12(13)17(18(24)27-2)19(25)28-11/h3-6,11-13,16-17,19,25H,7-10H2,1-2H3,(H,22,26)/t11-,12-,13+,16-,17?,19?,21+/m0/s1. The van der Waals surface area contributed by atoms with Gasteiger partial charge in [-0.1, -0.05) is 18.2 Å². The van der Waals surface area contributed by atoms with Gasteiger partial charge in [0, 0.05) is 24.2 Å². The molecule has 0 aliphatic carbocycles. The Hall–Kier alpha value is -1.96. The number of ether oxygens (including phenoxy) is 2. The maximum absolute atomic E-state index is 13.2. The molecule has 28 heavy (non-hydrogen) atoms. The number of carbonyl (C=O) groups is 2. The minimum absolute atomic E-state index is 0.00190. The summed E-state index contributed by atoms with van der Waals surface area (Å²) in [7, 11) is 1.34. The Balaban J connectivity index is 1.54. The van der Waals surface area contributed by atoms with E-state index in [1.165, 1.54) is 7.11 Å². The number of nitrogens with one attached hydrogen (secondary N) is 1. The predicted molar refractivity (Wildman–Crippen MR) is 100 cm³/mol. The summed E-state index contributed by atoms with van der Waals surface area (Å²) in [6, 6.07) is 7.91. The van der Waals surface area contributed by atoms with E-state index in [1.807, 2.05) is 31.2 Å². The third kappa shape index (κ3) is 2.27. The number of benzene rings is 1. The topological polar surface area (TPSA) is 88.1 Å². The molecular weight excluding hydrogens is 360 g/mol. The maximum atomic E-state index is 13.2. The average molecular weight is 386 g/mol. The highest BCUT2D eigenvalue weighted by molar-refractivity contribution is 6.07. The number of piperidine rings is 1. The van der Waals surface area contributed by atoms with Gasteiger partial charge in [0.2, 0.25) is 5.91 Å². The van der Waals surface area contributed by atoms with Crippen LogP contribution >= 0.6 is 0 Å². The first-order chi connectivity index (χ1) is 13.5. The normalized spacial score (nSPS) is 41.9. The number of hydrogen-bond donors (Lipinski definition) is 2. The van der Waals surface area contributed by atoms with Crippen molar-refractivity contribution in [3.8, 4) is 0 Å². The van der Waals surface area contributed by atoms with Gasteiger partial charge in [0.25, 0.3) is 0 Å². The van der Waals surface area contributed by atoms with Gasteiger partial charge in [0.05, 0.1) is 18.6 Å². The van der Waals surface area contributed by atoms with Gasteiger partial charge in [-0.3, -0.25) is 14.5 Å². The van der Waals surface area contributed by atoms with Crippen LogP contribution in [0.1, 0.15) is 25.3 Å². The van der Waals surface area contributed by atoms with E-state index < -0.39 is 23.6 Å². The fraction of sp³-hybridized carbons (Fsp3) is 0.619. The van der Waals surface area contributed by atoms with E-state index in [2.05, 4.69) is 10.2 Å². The van der Waals surface area contributed by atoms with Gasteiger partial charge in [-0.15, -0.1) is 0 Å². The van der Waals surface area contributed by atoms with Crippen LogP contribution in [0.5, 0.6) is 0 Å². The second kappa shape index (κ2) is 6.27. The lowest BCUT2D eigenvalue weighted by atomic mass is 9.64. The lowest BCUT2D eigenvalue weighted by Gasteiger charge is -2.51. The second-order valence-corrected chi connectivity index (χ2v) is 8.58. The number of fused-ring (bicyclic) bond motifs is 5. The molecule has 3 saturated heterocycles. The van der Waals surface area contributed by atoms with Gasteiger partial charge >= 0.3 is 5.97 Å². The zero-order valence-electron chi connectivity index (χ0n) is 16.1. The smallest absolute Gasteiger partial charge is 0.314 e. The van der Waals surface area contributed by atoms with Crippen molar-refractivity contribution in [2.75, 3.05) is 25.5 Å². The van der Waals surface area contributed by atoms with E-state index >= 15 is 0 Å². The Labute approximate surface area is 164 Å². The Morgan fingerprint density at radius 1 is 1.36 bits per heavy atom. The molecule has 4 aliphatic rings. The van der Waals surface area contributed by atoms with Crippen LogP contribution < -0.4 is 5.32 Å². The van der Waals surface area contributed by atoms with Crippen LogP contribution in [0.2, 0.25) is 0 Å². The van der Waals surface area contributed by atoms with Crippen molar-refractivity contribution in [2.24, 2.45) is 17.8 Å². The summed E-state index contributed by atoms with van der Waals surface area (Å²) in [5.41, 5.74) is 1.36. The quantitative estimate of drug-likeness (QED) is 0.703. The molecule has 0 aromatic heterocycles. The van der Waals surface area contributed by atoms with Crippen molar-refractivity contribution in [3.63, 3.8) is 0 Å². The number of methoxy groups -OCH3 is 1. The summed E-state index contributed by atoms with van der Waals surface area (Å²) in [6.07, 6.45) is 0.109. The molecule has 7 nitrogen and oxygen atoms in total. The van der Waals surface area contributed by atoms with E-state index in [1.54, 1.807) is 0 Å². The molecule has 150 valence electrons. The van der Waals surface area contributed by atoms with Crippen LogP contribution in [0.25, 0.3) is 0 Å². The van der Waals surface area contributed by atoms with Gasteiger partial charge in [-0.05, 0) is 43.9 Å². The molecule has 4 aliphatic heterocycles. The van der Waals surface area contributed by atoms with E-state index in [4.69, 9.17) is 9.47 Å². The van der Waals surface area contributed by atoms with Crippen molar-refractivity contribution in [1.82, 2.24) is 4.90 Å². The third-order valence-corrected chi connectivity index (χ3v) is 7.55. The number of carbonyl (C=O) groups excluding carboxylic acids is 2. The highest BCUT2D eigenvalue weighted by atomic mass is 16.6. The summed E-state index contributed by atoms with van der Waals surface area (Å²) >= 11 is 0. The number of amides is 1. The molecule has 1 aromatic rings. The Kier molecular flexibility index (Phi) is 4.05. The van der Waals surface area contributed by atoms with Gasteiger partial charge in [-0.25, -0.2) is 0 Å². The van der Waals surface area contributed by atoms with Crippen molar-refractivity contribution in [2.45, 2.75) is 43.6 Å². The summed E-state index contributed by atoms with van der Waals surface area (Å²) < 4.78 is 10.7. The molecule has 0 bridgehead atoms. The molecule has 1 aromatic carbocycles. The Morgan fingerprint density at radius 2 is 2.14 bits per heavy atom. The summed E-state index contributed by atoms with van der Waals surface area (Å²) in [6.45, 7) is 3.56. The molecule has 7 atom stereocenters. The van der Waals surface area contributed by atoms with Gasteiger partial charge in [-0.2, -0.15) is 0 Å². The molecule has 1 spiro atoms. The lowest BCUT2D eigenvalue weighted by Crippen LogP contribution is -2.61. The van der Waals surface area contributed by atoms with E-state index in [-0.39, 0.29) is 29.9 Å². The third-order valence-electron chi connectivity index (χ3n) is 7.55. The van der Waals surface area contributed by atoms with E-state index in [9.17, 15) is 14.7 Å². The van der Waals surface area contributed by atoms with Crippen LogP contribution in [0.3, 0.4) is 0 Å². The molecular formula is C21H26N2O5. The van der Waals surface area contributed by atoms with Crippen molar-refractivity contribution in [3.05, 3.63) is 29.8 Å². The molecule has 5 rings (SSSR count). The molecule has 2 N–H and O–H groups in total. The molecule has 7 heteroatoms. The Morgan fingerprint density at radius 3 is 2.93 bits per heavy atom. The van der Waals surface area contributed by atoms with Crippen LogP contribution in [0.15, 0.2) is 24.3 Å². The Bertz CT molecular complexity index is 829. The van der Waals surface area contributed by atoms with Crippen molar-refractivity contribution >= 4 is 17.6 Å². The van der Waals surface area contributed by atoms with Crippen molar-refractivity contribution < 1.29 is 24.2 Å². The minimum atomic E-state index is -1.17. The minimum Gasteiger partial charge on any atom is -0.469 e. The first-order valence-electron chi connectivity index (χ1n) is 10.0. The predicted octanol–water partition coefficient (Wildman–Crippen LogP) is 1.11. The zero-order valence-corrected chi connectivity index (χ0v) is 16.1. The van der Waals surface area contributed by atoms with Crippen LogP contribution in [0.4, 0.5) is 5.69 Å². The number of hydrogen-bond acceptors (Lipinski definition) is 6. The molecule has 2 unspecified atom stereocenters. The van der Waals surface area contributed by atoms with Crippen LogP contribution in [0, 0.1) is 17.8 Å². The first-order valence-corrected chi connectivity index (χ1v) is 10.0. The lowest BCUT2D eigenvalue weighted by molar-refractivity contribution is -0.244. The highest BCUT2D eigenvalue weighted by Gasteiger charge is 2.62. The number of esters is 1. The fourth-order valence-corrected chi connectivity index (χ4v) is 6.23. The number of nitrogens with zero attached hydrogens (tertiary/aromatic N) is 1. The zero-order chi connectivity index (χ0) is 19.6. The van der Waals surface area contributed by atoms with Crippen molar-refractivity contribution in [1.29, 1.82) is 0 Å². The van der Waals surface area contributed by atoms with Crippen LogP contribution in [-0.2, 0) is 24.5 Å². The molecule has 4 heterocycles. The number of aliphatic hydroxyl groups is 1. The largest absolute Gasteiger partial charge is 0.469 e. The molecule has 0 radical (unpaired) electrons. The molecule has 3 fully saturated rings. The van der Waals surface area contributed by atoms with Crippen LogP contribution in [-0.4, -0.2) is 60.5 Å². The summed E-state index contributed by atoms with van der Waals surface area (Å²) in [5, 5.41) is 13.5. The molecule has 0 saturated carbocycles. The number of anilines is 1. The van der Waals surface area contributed by atoms with Gasteiger partial charge < -0.3 is 19.9 Å². The fourth-order valence-electron chi connectivity index (χ4n) is 6.23. The summed E-state index contributed by atoms with van der Waals surface area (Å²) in [5.74, 6) is -1.06. The average Bonchev–Trinajstić information content (AvgIpc) is 3.20. The summed E-state index contributed by atoms with van der Waals surface area (Å²) in [4.78, 5) is 28.0. The second-order valence-electron chi connectivity index (χ2n) is 8.58. The van der Waals surface area contributed by atoms with Gasteiger partial charge in [0.15, 0.2) is 6.29 Å². The molecule has 1 amide bonds. The first kappa shape index (κ1) is 18.1. The number of rotatable bonds is 1.